The zero-order chi connectivity index (χ0) is 17.7. The first-order valence-electron chi connectivity index (χ1n) is 6.66. The van der Waals surface area contributed by atoms with E-state index in [2.05, 4.69) is 20.9 Å². The molecule has 0 aromatic heterocycles. The summed E-state index contributed by atoms with van der Waals surface area (Å²) in [6, 6.07) is 11.3. The summed E-state index contributed by atoms with van der Waals surface area (Å²) in [5, 5.41) is 25.3. The normalized spacial score (nSPS) is 11.2. The zero-order valence-corrected chi connectivity index (χ0v) is 14.6. The number of aliphatic carboxylic acids is 1. The number of amidine groups is 1. The van der Waals surface area contributed by atoms with Crippen molar-refractivity contribution in [3.8, 4) is 5.75 Å². The van der Waals surface area contributed by atoms with Crippen molar-refractivity contribution < 1.29 is 19.7 Å². The lowest BCUT2D eigenvalue weighted by Gasteiger charge is -2.07. The summed E-state index contributed by atoms with van der Waals surface area (Å²) in [7, 11) is 0. The van der Waals surface area contributed by atoms with Crippen LogP contribution in [0.4, 0.5) is 0 Å². The van der Waals surface area contributed by atoms with Crippen LogP contribution in [0.2, 0.25) is 5.02 Å². The molecule has 0 radical (unpaired) electrons. The second kappa shape index (κ2) is 7.94. The number of benzene rings is 2. The van der Waals surface area contributed by atoms with Crippen LogP contribution in [0.15, 0.2) is 51.9 Å². The minimum atomic E-state index is -1.12. The third kappa shape index (κ3) is 4.81. The van der Waals surface area contributed by atoms with Crippen molar-refractivity contribution in [1.82, 2.24) is 0 Å². The quantitative estimate of drug-likeness (QED) is 0.448. The first-order chi connectivity index (χ1) is 11.4. The van der Waals surface area contributed by atoms with Gasteiger partial charge in [-0.15, -0.1) is 4.99 Å². The fourth-order valence-electron chi connectivity index (χ4n) is 1.80. The fourth-order valence-corrected chi connectivity index (χ4v) is 2.28. The van der Waals surface area contributed by atoms with Crippen LogP contribution in [0, 0.1) is 5.41 Å². The summed E-state index contributed by atoms with van der Waals surface area (Å²) in [4.78, 5) is 14.6. The van der Waals surface area contributed by atoms with Crippen LogP contribution in [-0.2, 0) is 4.79 Å². The molecule has 2 rings (SSSR count). The van der Waals surface area contributed by atoms with Gasteiger partial charge in [0.2, 0.25) is 0 Å². The van der Waals surface area contributed by atoms with Gasteiger partial charge in [0.25, 0.3) is 0 Å². The van der Waals surface area contributed by atoms with Crippen LogP contribution in [0.25, 0.3) is 0 Å². The molecule has 0 spiro atoms. The molecule has 124 valence electrons. The third-order valence-electron chi connectivity index (χ3n) is 2.89. The summed E-state index contributed by atoms with van der Waals surface area (Å²) in [5.41, 5.74) is 0.788. The van der Waals surface area contributed by atoms with Crippen molar-refractivity contribution in [2.75, 3.05) is 6.61 Å². The average molecular weight is 413 g/mol. The van der Waals surface area contributed by atoms with E-state index in [1.807, 2.05) is 0 Å². The van der Waals surface area contributed by atoms with E-state index in [-0.39, 0.29) is 23.0 Å². The van der Waals surface area contributed by atoms with Crippen molar-refractivity contribution in [2.24, 2.45) is 4.99 Å². The highest BCUT2D eigenvalue weighted by Gasteiger charge is 2.17. The molecule has 0 aliphatic carbocycles. The van der Waals surface area contributed by atoms with E-state index in [1.165, 1.54) is 0 Å². The summed E-state index contributed by atoms with van der Waals surface area (Å²) in [5.74, 6) is -1.24. The molecule has 0 unspecified atom stereocenters. The van der Waals surface area contributed by atoms with Crippen LogP contribution >= 0.6 is 27.5 Å². The summed E-state index contributed by atoms with van der Waals surface area (Å²) in [6.45, 7) is -0.531. The number of halogens is 2. The Morgan fingerprint density at radius 2 is 1.96 bits per heavy atom. The maximum absolute atomic E-state index is 10.7. The summed E-state index contributed by atoms with van der Waals surface area (Å²) in [6.07, 6.45) is 0. The highest BCUT2D eigenvalue weighted by molar-refractivity contribution is 9.10. The molecule has 2 aromatic carbocycles. The monoisotopic (exact) mass is 411 g/mol. The third-order valence-corrected chi connectivity index (χ3v) is 3.63. The fraction of sp³-hybridized carbons (Fsp3) is 0.0625. The highest BCUT2D eigenvalue weighted by Crippen LogP contribution is 2.24. The number of rotatable bonds is 5. The van der Waals surface area contributed by atoms with Crippen LogP contribution < -0.4 is 4.74 Å². The van der Waals surface area contributed by atoms with E-state index >= 15 is 0 Å². The molecule has 0 saturated heterocycles. The molecule has 0 heterocycles. The lowest BCUT2D eigenvalue weighted by molar-refractivity contribution is -0.139. The molecule has 2 aromatic rings. The Hall–Kier alpha value is -2.38. The molecule has 8 heteroatoms. The van der Waals surface area contributed by atoms with Crippen LogP contribution in [0.3, 0.4) is 0 Å². The minimum Gasteiger partial charge on any atom is -0.578 e. The van der Waals surface area contributed by atoms with Gasteiger partial charge in [-0.2, -0.15) is 0 Å². The van der Waals surface area contributed by atoms with Gasteiger partial charge in [-0.3, -0.25) is 5.41 Å². The van der Waals surface area contributed by atoms with E-state index in [0.29, 0.717) is 15.1 Å². The Morgan fingerprint density at radius 3 is 2.58 bits per heavy atom. The Bertz CT molecular complexity index is 806. The van der Waals surface area contributed by atoms with Gasteiger partial charge < -0.3 is 14.9 Å². The molecule has 0 aliphatic heterocycles. The van der Waals surface area contributed by atoms with Gasteiger partial charge >= 0.3 is 11.9 Å². The molecule has 0 fully saturated rings. The maximum atomic E-state index is 10.7. The number of hydrogen-bond donors (Lipinski definition) is 2. The lowest BCUT2D eigenvalue weighted by atomic mass is 10.2. The van der Waals surface area contributed by atoms with Gasteiger partial charge in [0.05, 0.1) is 0 Å². The smallest absolute Gasteiger partial charge is 0.370 e. The van der Waals surface area contributed by atoms with Gasteiger partial charge in [0.1, 0.15) is 11.3 Å². The SMILES string of the molecule is N=C(N=C([OH2+])c1cc(Br)ccc1OCC(=O)O)c1ccc(Cl)cc1. The van der Waals surface area contributed by atoms with Crippen LogP contribution in [0.1, 0.15) is 11.1 Å². The van der Waals surface area contributed by atoms with Crippen molar-refractivity contribution in [3.63, 3.8) is 0 Å². The molecular formula is C16H13BrClN2O4+. The second-order valence-electron chi connectivity index (χ2n) is 4.64. The van der Waals surface area contributed by atoms with Crippen molar-refractivity contribution >= 4 is 45.2 Å². The molecule has 0 atom stereocenters. The Morgan fingerprint density at radius 1 is 1.29 bits per heavy atom. The van der Waals surface area contributed by atoms with Crippen LogP contribution in [-0.4, -0.2) is 34.5 Å². The van der Waals surface area contributed by atoms with E-state index in [9.17, 15) is 4.79 Å². The van der Waals surface area contributed by atoms with E-state index in [0.717, 1.165) is 0 Å². The topological polar surface area (TPSA) is 106 Å². The Balaban J connectivity index is 2.31. The standard InChI is InChI=1S/C16H12BrClN2O4/c17-10-3-6-13(24-8-14(21)22)12(7-10)16(23)20-15(19)9-1-4-11(18)5-2-9/h1-7H,8H2,(H,21,22)(H2,19,20,23)/p+1. The summed E-state index contributed by atoms with van der Waals surface area (Å²) < 4.78 is 5.85. The number of carbonyl (C=O) groups is 1. The lowest BCUT2D eigenvalue weighted by Crippen LogP contribution is -2.13. The van der Waals surface area contributed by atoms with Gasteiger partial charge in [0, 0.05) is 15.1 Å². The summed E-state index contributed by atoms with van der Waals surface area (Å²) >= 11 is 9.09. The van der Waals surface area contributed by atoms with Gasteiger partial charge in [-0.25, -0.2) is 4.79 Å². The van der Waals surface area contributed by atoms with E-state index in [4.69, 9.17) is 32.0 Å². The highest BCUT2D eigenvalue weighted by atomic mass is 79.9. The number of nitrogens with zero attached hydrogens (tertiary/aromatic N) is 1. The first-order valence-corrected chi connectivity index (χ1v) is 7.83. The second-order valence-corrected chi connectivity index (χ2v) is 5.99. The van der Waals surface area contributed by atoms with Crippen molar-refractivity contribution in [1.29, 1.82) is 5.41 Å². The number of aliphatic imine (C=N–C) groups is 1. The molecule has 0 saturated carbocycles. The largest absolute Gasteiger partial charge is 0.578 e. The van der Waals surface area contributed by atoms with Crippen molar-refractivity contribution in [2.45, 2.75) is 0 Å². The molecule has 0 aliphatic rings. The van der Waals surface area contributed by atoms with Gasteiger partial charge in [-0.1, -0.05) is 27.5 Å². The minimum absolute atomic E-state index is 0.110. The van der Waals surface area contributed by atoms with Gasteiger partial charge in [-0.05, 0) is 42.5 Å². The molecule has 4 N–H and O–H groups in total. The molecule has 0 amide bonds. The van der Waals surface area contributed by atoms with Crippen LogP contribution in [0.5, 0.6) is 5.75 Å². The first kappa shape index (κ1) is 18.0. The molecular weight excluding hydrogens is 400 g/mol. The number of carboxylic acid groups (broad SMARTS) is 1. The van der Waals surface area contributed by atoms with E-state index < -0.39 is 12.6 Å². The van der Waals surface area contributed by atoms with E-state index in [1.54, 1.807) is 42.5 Å². The van der Waals surface area contributed by atoms with Gasteiger partial charge in [0.15, 0.2) is 12.4 Å². The average Bonchev–Trinajstić information content (AvgIpc) is 2.54. The predicted molar refractivity (Wildman–Crippen MR) is 95.7 cm³/mol. The molecule has 0 bridgehead atoms. The Kier molecular flexibility index (Phi) is 5.94. The molecule has 24 heavy (non-hydrogen) atoms. The maximum Gasteiger partial charge on any atom is 0.370 e. The Labute approximate surface area is 151 Å². The predicted octanol–water partition coefficient (Wildman–Crippen LogP) is 3.06. The molecule has 6 nitrogen and oxygen atoms in total. The number of hydrogen-bond acceptors (Lipinski definition) is 3. The zero-order valence-electron chi connectivity index (χ0n) is 12.2. The number of carboxylic acids is 1. The number of nitrogens with one attached hydrogen (secondary N) is 1. The van der Waals surface area contributed by atoms with Crippen molar-refractivity contribution in [3.05, 3.63) is 63.1 Å². The number of ether oxygens (including phenoxy) is 1.